The molecule has 2 rings (SSSR count). The average molecular weight is 374 g/mol. The molecule has 22 heavy (non-hydrogen) atoms. The van der Waals surface area contributed by atoms with Crippen LogP contribution in [0.15, 0.2) is 23.1 Å². The Kier molecular flexibility index (Phi) is 9.45. The molecule has 0 saturated carbocycles. The Balaban J connectivity index is 0.00000220. The van der Waals surface area contributed by atoms with E-state index in [0.717, 1.165) is 32.2 Å². The van der Waals surface area contributed by atoms with E-state index in [9.17, 15) is 12.8 Å². The first-order chi connectivity index (χ1) is 9.47. The van der Waals surface area contributed by atoms with Crippen LogP contribution < -0.4 is 10.0 Å². The van der Waals surface area contributed by atoms with E-state index in [1.54, 1.807) is 6.92 Å². The Bertz CT molecular complexity index is 546. The maximum Gasteiger partial charge on any atom is 0.240 e. The molecule has 0 aromatic heterocycles. The van der Waals surface area contributed by atoms with Crippen LogP contribution in [0, 0.1) is 12.7 Å². The Hall–Kier alpha value is -0.440. The summed E-state index contributed by atoms with van der Waals surface area (Å²) in [6, 6.07) is 3.82. The molecule has 0 amide bonds. The van der Waals surface area contributed by atoms with Crippen LogP contribution in [0.4, 0.5) is 4.39 Å². The lowest BCUT2D eigenvalue weighted by molar-refractivity contribution is 0.245. The molecule has 9 heteroatoms. The number of rotatable bonds is 5. The molecule has 1 aromatic rings. The summed E-state index contributed by atoms with van der Waals surface area (Å²) in [5.74, 6) is -0.535. The third-order valence-electron chi connectivity index (χ3n) is 3.26. The molecule has 1 aromatic carbocycles. The van der Waals surface area contributed by atoms with E-state index < -0.39 is 15.8 Å². The van der Waals surface area contributed by atoms with Crippen molar-refractivity contribution >= 4 is 34.8 Å². The van der Waals surface area contributed by atoms with Gasteiger partial charge in [-0.3, -0.25) is 4.90 Å². The summed E-state index contributed by atoms with van der Waals surface area (Å²) in [4.78, 5) is 2.17. The molecule has 0 aliphatic carbocycles. The van der Waals surface area contributed by atoms with Gasteiger partial charge in [0.05, 0.1) is 4.90 Å². The lowest BCUT2D eigenvalue weighted by Crippen LogP contribution is -2.46. The van der Waals surface area contributed by atoms with Crippen LogP contribution >= 0.6 is 24.8 Å². The van der Waals surface area contributed by atoms with Crippen molar-refractivity contribution in [2.75, 3.05) is 39.3 Å². The zero-order valence-electron chi connectivity index (χ0n) is 12.3. The van der Waals surface area contributed by atoms with Crippen LogP contribution in [0.2, 0.25) is 0 Å². The minimum Gasteiger partial charge on any atom is -0.314 e. The first-order valence-corrected chi connectivity index (χ1v) is 8.16. The first-order valence-electron chi connectivity index (χ1n) is 6.67. The summed E-state index contributed by atoms with van der Waals surface area (Å²) < 4.78 is 39.9. The Morgan fingerprint density at radius 2 is 1.86 bits per heavy atom. The van der Waals surface area contributed by atoms with Crippen molar-refractivity contribution in [2.45, 2.75) is 11.8 Å². The highest BCUT2D eigenvalue weighted by atomic mass is 35.5. The van der Waals surface area contributed by atoms with Crippen molar-refractivity contribution in [2.24, 2.45) is 0 Å². The molecule has 2 N–H and O–H groups in total. The highest BCUT2D eigenvalue weighted by molar-refractivity contribution is 7.89. The normalized spacial score (nSPS) is 15.7. The lowest BCUT2D eigenvalue weighted by Gasteiger charge is -2.27. The molecule has 128 valence electrons. The number of benzene rings is 1. The van der Waals surface area contributed by atoms with Gasteiger partial charge in [-0.15, -0.1) is 24.8 Å². The Morgan fingerprint density at radius 1 is 1.23 bits per heavy atom. The molecule has 1 saturated heterocycles. The molecule has 1 heterocycles. The molecule has 0 unspecified atom stereocenters. The smallest absolute Gasteiger partial charge is 0.240 e. The first kappa shape index (κ1) is 21.6. The maximum atomic E-state index is 13.3. The molecule has 5 nitrogen and oxygen atoms in total. The van der Waals surface area contributed by atoms with Gasteiger partial charge in [0.1, 0.15) is 5.82 Å². The summed E-state index contributed by atoms with van der Waals surface area (Å²) >= 11 is 0. The van der Waals surface area contributed by atoms with Crippen molar-refractivity contribution in [3.8, 4) is 0 Å². The highest BCUT2D eigenvalue weighted by Crippen LogP contribution is 2.13. The number of sulfonamides is 1. The van der Waals surface area contributed by atoms with Gasteiger partial charge in [0.15, 0.2) is 0 Å². The van der Waals surface area contributed by atoms with E-state index in [1.807, 2.05) is 0 Å². The second kappa shape index (κ2) is 9.64. The fourth-order valence-electron chi connectivity index (χ4n) is 2.21. The van der Waals surface area contributed by atoms with Gasteiger partial charge in [0.25, 0.3) is 0 Å². The van der Waals surface area contributed by atoms with Crippen molar-refractivity contribution in [3.63, 3.8) is 0 Å². The number of hydrogen-bond acceptors (Lipinski definition) is 4. The van der Waals surface area contributed by atoms with Crippen molar-refractivity contribution < 1.29 is 12.8 Å². The summed E-state index contributed by atoms with van der Waals surface area (Å²) in [5, 5.41) is 3.24. The number of halogens is 3. The quantitative estimate of drug-likeness (QED) is 0.812. The van der Waals surface area contributed by atoms with Crippen LogP contribution in [0.5, 0.6) is 0 Å². The van der Waals surface area contributed by atoms with E-state index in [-0.39, 0.29) is 29.7 Å². The van der Waals surface area contributed by atoms with Gasteiger partial charge in [-0.05, 0) is 30.7 Å². The van der Waals surface area contributed by atoms with Crippen LogP contribution in [-0.2, 0) is 10.0 Å². The van der Waals surface area contributed by atoms with Crippen molar-refractivity contribution in [3.05, 3.63) is 29.6 Å². The van der Waals surface area contributed by atoms with Gasteiger partial charge in [0.2, 0.25) is 10.0 Å². The highest BCUT2D eigenvalue weighted by Gasteiger charge is 2.16. The lowest BCUT2D eigenvalue weighted by atomic mass is 10.2. The summed E-state index contributed by atoms with van der Waals surface area (Å²) in [5.41, 5.74) is 0.590. The van der Waals surface area contributed by atoms with E-state index in [1.165, 1.54) is 12.1 Å². The van der Waals surface area contributed by atoms with E-state index in [2.05, 4.69) is 14.9 Å². The third kappa shape index (κ3) is 6.36. The molecule has 0 atom stereocenters. The number of nitrogens with zero attached hydrogens (tertiary/aromatic N) is 1. The van der Waals surface area contributed by atoms with E-state index in [0.29, 0.717) is 18.7 Å². The molecule has 1 fully saturated rings. The molecular formula is C13H22Cl2FN3O2S. The number of aryl methyl sites for hydroxylation is 1. The van der Waals surface area contributed by atoms with Crippen molar-refractivity contribution in [1.29, 1.82) is 0 Å². The van der Waals surface area contributed by atoms with Gasteiger partial charge in [-0.2, -0.15) is 0 Å². The second-order valence-electron chi connectivity index (χ2n) is 4.95. The second-order valence-corrected chi connectivity index (χ2v) is 6.72. The van der Waals surface area contributed by atoms with Gasteiger partial charge in [0, 0.05) is 39.3 Å². The molecule has 0 bridgehead atoms. The zero-order chi connectivity index (χ0) is 14.6. The zero-order valence-corrected chi connectivity index (χ0v) is 14.8. The fraction of sp³-hybridized carbons (Fsp3) is 0.538. The van der Waals surface area contributed by atoms with Crippen LogP contribution in [-0.4, -0.2) is 52.6 Å². The van der Waals surface area contributed by atoms with Crippen LogP contribution in [0.25, 0.3) is 0 Å². The van der Waals surface area contributed by atoms with E-state index >= 15 is 0 Å². The minimum absolute atomic E-state index is 0. The number of nitrogens with one attached hydrogen (secondary N) is 2. The van der Waals surface area contributed by atoms with Crippen molar-refractivity contribution in [1.82, 2.24) is 14.9 Å². The molecule has 0 radical (unpaired) electrons. The largest absolute Gasteiger partial charge is 0.314 e. The van der Waals surface area contributed by atoms with Gasteiger partial charge in [-0.25, -0.2) is 17.5 Å². The molecule has 0 spiro atoms. The van der Waals surface area contributed by atoms with Crippen LogP contribution in [0.3, 0.4) is 0 Å². The Morgan fingerprint density at radius 3 is 2.45 bits per heavy atom. The topological polar surface area (TPSA) is 61.4 Å². The number of piperazine rings is 1. The standard InChI is InChI=1S/C13H20FN3O2S.2ClH/c1-11-8-12(14)10-13(9-11)20(18,19)16-4-7-17-5-2-15-3-6-17;;/h8-10,15-16H,2-7H2,1H3;2*1H. The third-order valence-corrected chi connectivity index (χ3v) is 4.70. The number of hydrogen-bond donors (Lipinski definition) is 2. The Labute approximate surface area is 143 Å². The molecular weight excluding hydrogens is 352 g/mol. The molecule has 1 aliphatic heterocycles. The fourth-order valence-corrected chi connectivity index (χ4v) is 3.35. The van der Waals surface area contributed by atoms with Gasteiger partial charge in [-0.1, -0.05) is 0 Å². The summed E-state index contributed by atoms with van der Waals surface area (Å²) in [6.07, 6.45) is 0. The minimum atomic E-state index is -3.64. The van der Waals surface area contributed by atoms with Crippen LogP contribution in [0.1, 0.15) is 5.56 Å². The summed E-state index contributed by atoms with van der Waals surface area (Å²) in [7, 11) is -3.64. The van der Waals surface area contributed by atoms with Gasteiger partial charge < -0.3 is 5.32 Å². The average Bonchev–Trinajstić information content (AvgIpc) is 2.38. The van der Waals surface area contributed by atoms with E-state index in [4.69, 9.17) is 0 Å². The SMILES string of the molecule is Cc1cc(F)cc(S(=O)(=O)NCCN2CCNCC2)c1.Cl.Cl. The van der Waals surface area contributed by atoms with Gasteiger partial charge >= 0.3 is 0 Å². The predicted octanol–water partition coefficient (Wildman–Crippen LogP) is 1.16. The monoisotopic (exact) mass is 373 g/mol. The molecule has 1 aliphatic rings. The summed E-state index contributed by atoms with van der Waals surface area (Å²) in [6.45, 7) is 6.35. The predicted molar refractivity (Wildman–Crippen MR) is 90.1 cm³/mol. The maximum absolute atomic E-state index is 13.3.